The Kier molecular flexibility index (Phi) is 5.03. The van der Waals surface area contributed by atoms with Crippen molar-refractivity contribution >= 4 is 20.9 Å². The molecule has 142 valence electrons. The fourth-order valence-electron chi connectivity index (χ4n) is 3.66. The van der Waals surface area contributed by atoms with Crippen molar-refractivity contribution in [1.29, 1.82) is 0 Å². The topological polar surface area (TPSA) is 62.0 Å². The van der Waals surface area contributed by atoms with Crippen LogP contribution in [0.3, 0.4) is 0 Å². The van der Waals surface area contributed by atoms with Crippen molar-refractivity contribution in [2.75, 3.05) is 12.8 Å². The number of aromatic nitrogens is 1. The van der Waals surface area contributed by atoms with Crippen LogP contribution in [0, 0.1) is 0 Å². The van der Waals surface area contributed by atoms with Crippen LogP contribution in [0.25, 0.3) is 22.2 Å². The highest BCUT2D eigenvalue weighted by molar-refractivity contribution is 7.88. The highest BCUT2D eigenvalue weighted by atomic mass is 32.2. The SMILES string of the molecule is CS(=O)(=O)NCC(c1ccccc1)c1c(-c2ccccc2)[nH]c2ccccc12. The predicted molar refractivity (Wildman–Crippen MR) is 115 cm³/mol. The van der Waals surface area contributed by atoms with Crippen LogP contribution >= 0.6 is 0 Å². The average molecular weight is 391 g/mol. The lowest BCUT2D eigenvalue weighted by Crippen LogP contribution is -2.28. The number of sulfonamides is 1. The van der Waals surface area contributed by atoms with E-state index in [1.165, 1.54) is 6.26 Å². The molecule has 0 aliphatic rings. The molecule has 28 heavy (non-hydrogen) atoms. The highest BCUT2D eigenvalue weighted by Crippen LogP contribution is 2.38. The second-order valence-corrected chi connectivity index (χ2v) is 8.74. The second-order valence-electron chi connectivity index (χ2n) is 6.91. The molecule has 4 nitrogen and oxygen atoms in total. The van der Waals surface area contributed by atoms with Gasteiger partial charge in [0.25, 0.3) is 0 Å². The molecule has 1 atom stereocenters. The summed E-state index contributed by atoms with van der Waals surface area (Å²) >= 11 is 0. The summed E-state index contributed by atoms with van der Waals surface area (Å²) in [5.74, 6) is -0.123. The molecule has 0 spiro atoms. The zero-order chi connectivity index (χ0) is 19.6. The molecule has 0 amide bonds. The molecule has 0 radical (unpaired) electrons. The van der Waals surface area contributed by atoms with Crippen LogP contribution in [-0.2, 0) is 10.0 Å². The van der Waals surface area contributed by atoms with Gasteiger partial charge in [-0.2, -0.15) is 0 Å². The molecule has 3 aromatic carbocycles. The lowest BCUT2D eigenvalue weighted by atomic mass is 9.87. The Bertz CT molecular complexity index is 1180. The maximum absolute atomic E-state index is 11.8. The molecule has 0 bridgehead atoms. The first-order valence-electron chi connectivity index (χ1n) is 9.18. The van der Waals surface area contributed by atoms with E-state index in [0.717, 1.165) is 33.3 Å². The monoisotopic (exact) mass is 390 g/mol. The van der Waals surface area contributed by atoms with E-state index in [4.69, 9.17) is 0 Å². The first kappa shape index (κ1) is 18.5. The predicted octanol–water partition coefficient (Wildman–Crippen LogP) is 4.52. The number of para-hydroxylation sites is 1. The molecule has 1 heterocycles. The molecule has 4 rings (SSSR count). The molecular weight excluding hydrogens is 368 g/mol. The van der Waals surface area contributed by atoms with Crippen molar-refractivity contribution in [3.63, 3.8) is 0 Å². The number of aromatic amines is 1. The first-order chi connectivity index (χ1) is 13.5. The van der Waals surface area contributed by atoms with Crippen LogP contribution in [0.5, 0.6) is 0 Å². The number of fused-ring (bicyclic) bond motifs is 1. The van der Waals surface area contributed by atoms with Crippen LogP contribution in [0.1, 0.15) is 17.0 Å². The Balaban J connectivity index is 1.94. The summed E-state index contributed by atoms with van der Waals surface area (Å²) in [5.41, 5.74) is 5.31. The Morgan fingerprint density at radius 1 is 0.857 bits per heavy atom. The number of benzene rings is 3. The molecule has 0 aliphatic carbocycles. The summed E-state index contributed by atoms with van der Waals surface area (Å²) in [7, 11) is -3.31. The fraction of sp³-hybridized carbons (Fsp3) is 0.130. The quantitative estimate of drug-likeness (QED) is 0.509. The van der Waals surface area contributed by atoms with E-state index in [2.05, 4.69) is 34.0 Å². The van der Waals surface area contributed by atoms with Crippen molar-refractivity contribution in [1.82, 2.24) is 9.71 Å². The number of hydrogen-bond donors (Lipinski definition) is 2. The third kappa shape index (κ3) is 3.86. The average Bonchev–Trinajstić information content (AvgIpc) is 3.08. The summed E-state index contributed by atoms with van der Waals surface area (Å²) in [6.07, 6.45) is 1.20. The van der Waals surface area contributed by atoms with Gasteiger partial charge in [0.1, 0.15) is 0 Å². The number of nitrogens with one attached hydrogen (secondary N) is 2. The second kappa shape index (κ2) is 7.62. The Morgan fingerprint density at radius 3 is 2.14 bits per heavy atom. The molecule has 0 aliphatic heterocycles. The van der Waals surface area contributed by atoms with Crippen molar-refractivity contribution in [2.45, 2.75) is 5.92 Å². The zero-order valence-electron chi connectivity index (χ0n) is 15.6. The largest absolute Gasteiger partial charge is 0.354 e. The molecule has 0 saturated heterocycles. The summed E-state index contributed by atoms with van der Waals surface area (Å²) in [6.45, 7) is 0.296. The fourth-order valence-corrected chi connectivity index (χ4v) is 4.13. The molecule has 1 unspecified atom stereocenters. The van der Waals surface area contributed by atoms with Crippen LogP contribution < -0.4 is 4.72 Å². The maximum atomic E-state index is 11.8. The number of rotatable bonds is 6. The summed E-state index contributed by atoms with van der Waals surface area (Å²) in [4.78, 5) is 3.55. The van der Waals surface area contributed by atoms with Gasteiger partial charge < -0.3 is 4.98 Å². The van der Waals surface area contributed by atoms with Gasteiger partial charge in [0.05, 0.1) is 11.9 Å². The van der Waals surface area contributed by atoms with Gasteiger partial charge in [-0.25, -0.2) is 13.1 Å². The van der Waals surface area contributed by atoms with Gasteiger partial charge in [-0.05, 0) is 22.8 Å². The number of hydrogen-bond acceptors (Lipinski definition) is 2. The molecule has 1 aromatic heterocycles. The zero-order valence-corrected chi connectivity index (χ0v) is 16.4. The lowest BCUT2D eigenvalue weighted by Gasteiger charge is -2.20. The van der Waals surface area contributed by atoms with E-state index in [9.17, 15) is 8.42 Å². The molecular formula is C23H22N2O2S. The van der Waals surface area contributed by atoms with E-state index in [-0.39, 0.29) is 5.92 Å². The van der Waals surface area contributed by atoms with E-state index in [0.29, 0.717) is 6.54 Å². The van der Waals surface area contributed by atoms with E-state index >= 15 is 0 Å². The highest BCUT2D eigenvalue weighted by Gasteiger charge is 2.24. The summed E-state index contributed by atoms with van der Waals surface area (Å²) < 4.78 is 26.4. The molecule has 0 saturated carbocycles. The van der Waals surface area contributed by atoms with Gasteiger partial charge in [-0.15, -0.1) is 0 Å². The molecule has 4 aromatic rings. The minimum absolute atomic E-state index is 0.123. The minimum Gasteiger partial charge on any atom is -0.354 e. The van der Waals surface area contributed by atoms with Crippen molar-refractivity contribution in [3.8, 4) is 11.3 Å². The van der Waals surface area contributed by atoms with Crippen LogP contribution in [0.2, 0.25) is 0 Å². The third-order valence-electron chi connectivity index (χ3n) is 4.91. The van der Waals surface area contributed by atoms with Crippen LogP contribution in [0.4, 0.5) is 0 Å². The Hall–Kier alpha value is -2.89. The van der Waals surface area contributed by atoms with Crippen LogP contribution in [-0.4, -0.2) is 26.2 Å². The molecule has 5 heteroatoms. The minimum atomic E-state index is -3.31. The Labute approximate surface area is 165 Å². The first-order valence-corrected chi connectivity index (χ1v) is 11.1. The third-order valence-corrected chi connectivity index (χ3v) is 5.60. The number of H-pyrrole nitrogens is 1. The van der Waals surface area contributed by atoms with Gasteiger partial charge in [0, 0.05) is 23.4 Å². The Morgan fingerprint density at radius 2 is 1.46 bits per heavy atom. The lowest BCUT2D eigenvalue weighted by molar-refractivity contribution is 0.584. The van der Waals surface area contributed by atoms with Gasteiger partial charge in [-0.1, -0.05) is 78.9 Å². The van der Waals surface area contributed by atoms with Gasteiger partial charge in [0.2, 0.25) is 10.0 Å². The van der Waals surface area contributed by atoms with Gasteiger partial charge in [-0.3, -0.25) is 0 Å². The van der Waals surface area contributed by atoms with E-state index < -0.39 is 10.0 Å². The summed E-state index contributed by atoms with van der Waals surface area (Å²) in [6, 6.07) is 28.3. The van der Waals surface area contributed by atoms with Crippen molar-refractivity contribution < 1.29 is 8.42 Å². The molecule has 2 N–H and O–H groups in total. The van der Waals surface area contributed by atoms with Gasteiger partial charge >= 0.3 is 0 Å². The summed E-state index contributed by atoms with van der Waals surface area (Å²) in [5, 5.41) is 1.10. The smallest absolute Gasteiger partial charge is 0.208 e. The van der Waals surface area contributed by atoms with Crippen molar-refractivity contribution in [3.05, 3.63) is 96.1 Å². The van der Waals surface area contributed by atoms with Crippen molar-refractivity contribution in [2.24, 2.45) is 0 Å². The standard InChI is InChI=1S/C23H22N2O2S/c1-28(26,27)24-16-20(17-10-4-2-5-11-17)22-19-14-8-9-15-21(19)25-23(22)18-12-6-3-7-13-18/h2-15,20,24-25H,16H2,1H3. The van der Waals surface area contributed by atoms with E-state index in [1.807, 2.05) is 60.7 Å². The van der Waals surface area contributed by atoms with E-state index in [1.54, 1.807) is 0 Å². The van der Waals surface area contributed by atoms with Crippen LogP contribution in [0.15, 0.2) is 84.9 Å². The maximum Gasteiger partial charge on any atom is 0.208 e. The van der Waals surface area contributed by atoms with Gasteiger partial charge in [0.15, 0.2) is 0 Å². The molecule has 0 fully saturated rings. The normalized spacial score (nSPS) is 12.9.